The van der Waals surface area contributed by atoms with Crippen molar-refractivity contribution in [2.45, 2.75) is 6.54 Å². The van der Waals surface area contributed by atoms with E-state index in [0.717, 1.165) is 27.7 Å². The molecule has 0 bridgehead atoms. The molecule has 0 saturated heterocycles. The minimum absolute atomic E-state index is 0.579. The molecule has 3 aromatic rings. The summed E-state index contributed by atoms with van der Waals surface area (Å²) in [6, 6.07) is 13.5. The summed E-state index contributed by atoms with van der Waals surface area (Å²) in [6.07, 6.45) is 2.00. The highest BCUT2D eigenvalue weighted by Crippen LogP contribution is 2.28. The first-order chi connectivity index (χ1) is 10.1. The summed E-state index contributed by atoms with van der Waals surface area (Å²) in [4.78, 5) is 0. The van der Waals surface area contributed by atoms with E-state index in [4.69, 9.17) is 27.9 Å². The number of ether oxygens (including phenoxy) is 1. The Hall–Kier alpha value is -1.16. The highest BCUT2D eigenvalue weighted by molar-refractivity contribution is 9.10. The molecule has 2 aromatic carbocycles. The predicted molar refractivity (Wildman–Crippen MR) is 91.6 cm³/mol. The molecule has 0 aliphatic rings. The summed E-state index contributed by atoms with van der Waals surface area (Å²) in [5.41, 5.74) is 1.02. The van der Waals surface area contributed by atoms with E-state index >= 15 is 0 Å². The van der Waals surface area contributed by atoms with Crippen LogP contribution in [0, 0.1) is 0 Å². The summed E-state index contributed by atoms with van der Waals surface area (Å²) in [5.74, 6) is 0.853. The molecule has 1 aromatic heterocycles. The fraction of sp³-hybridized carbons (Fsp3) is 0.125. The van der Waals surface area contributed by atoms with Crippen molar-refractivity contribution in [2.24, 2.45) is 0 Å². The van der Waals surface area contributed by atoms with Crippen molar-refractivity contribution >= 4 is 50.0 Å². The highest BCUT2D eigenvalue weighted by Gasteiger charge is 2.06. The third-order valence-electron chi connectivity index (χ3n) is 3.22. The lowest BCUT2D eigenvalue weighted by molar-refractivity contribution is 0.300. The van der Waals surface area contributed by atoms with E-state index in [1.807, 2.05) is 42.6 Å². The van der Waals surface area contributed by atoms with Crippen LogP contribution in [-0.4, -0.2) is 11.2 Å². The number of nitrogens with zero attached hydrogens (tertiary/aromatic N) is 1. The third kappa shape index (κ3) is 3.37. The van der Waals surface area contributed by atoms with E-state index in [0.29, 0.717) is 16.7 Å². The maximum absolute atomic E-state index is 6.19. The van der Waals surface area contributed by atoms with Gasteiger partial charge in [-0.05, 0) is 42.5 Å². The largest absolute Gasteiger partial charge is 0.492 e. The van der Waals surface area contributed by atoms with Crippen molar-refractivity contribution in [1.82, 2.24) is 4.57 Å². The van der Waals surface area contributed by atoms with Gasteiger partial charge < -0.3 is 9.30 Å². The number of hydrogen-bond donors (Lipinski definition) is 0. The molecule has 0 spiro atoms. The first kappa shape index (κ1) is 14.8. The summed E-state index contributed by atoms with van der Waals surface area (Å²) < 4.78 is 8.86. The van der Waals surface area contributed by atoms with Gasteiger partial charge in [0.2, 0.25) is 0 Å². The van der Waals surface area contributed by atoms with E-state index in [1.165, 1.54) is 0 Å². The number of hydrogen-bond acceptors (Lipinski definition) is 1. The molecule has 5 heteroatoms. The third-order valence-corrected chi connectivity index (χ3v) is 4.28. The van der Waals surface area contributed by atoms with Gasteiger partial charge in [0, 0.05) is 21.1 Å². The number of fused-ring (bicyclic) bond motifs is 1. The average molecular weight is 385 g/mol. The van der Waals surface area contributed by atoms with Crippen LogP contribution in [0.15, 0.2) is 53.1 Å². The van der Waals surface area contributed by atoms with Crippen LogP contribution in [0.2, 0.25) is 10.0 Å². The Morgan fingerprint density at radius 2 is 1.81 bits per heavy atom. The predicted octanol–water partition coefficient (Wildman–Crippen LogP) is 5.79. The summed E-state index contributed by atoms with van der Waals surface area (Å²) in [7, 11) is 0. The molecule has 0 amide bonds. The van der Waals surface area contributed by atoms with Crippen LogP contribution in [-0.2, 0) is 6.54 Å². The van der Waals surface area contributed by atoms with Crippen molar-refractivity contribution < 1.29 is 4.74 Å². The Balaban J connectivity index is 1.72. The normalized spacial score (nSPS) is 11.0. The quantitative estimate of drug-likeness (QED) is 0.555. The number of halogens is 3. The molecule has 0 radical (unpaired) electrons. The van der Waals surface area contributed by atoms with Crippen molar-refractivity contribution in [3.05, 3.63) is 63.2 Å². The van der Waals surface area contributed by atoms with Crippen LogP contribution < -0.4 is 4.74 Å². The molecular weight excluding hydrogens is 373 g/mol. The number of rotatable bonds is 4. The second kappa shape index (κ2) is 6.30. The van der Waals surface area contributed by atoms with Gasteiger partial charge in [-0.1, -0.05) is 39.1 Å². The van der Waals surface area contributed by atoms with Gasteiger partial charge in [-0.25, -0.2) is 0 Å². The highest BCUT2D eigenvalue weighted by atomic mass is 79.9. The molecule has 108 valence electrons. The molecule has 0 atom stereocenters. The SMILES string of the molecule is Clc1cc(Cl)c2ccn(CCOc3ccc(Br)cc3)c2c1. The minimum atomic E-state index is 0.579. The van der Waals surface area contributed by atoms with Crippen molar-refractivity contribution in [3.8, 4) is 5.75 Å². The van der Waals surface area contributed by atoms with Gasteiger partial charge in [-0.3, -0.25) is 0 Å². The Labute approximate surface area is 141 Å². The molecule has 0 unspecified atom stereocenters. The molecule has 3 rings (SSSR count). The summed E-state index contributed by atoms with van der Waals surface area (Å²) in [5, 5.41) is 2.32. The number of aromatic nitrogens is 1. The van der Waals surface area contributed by atoms with Gasteiger partial charge in [-0.15, -0.1) is 0 Å². The fourth-order valence-corrected chi connectivity index (χ4v) is 3.02. The second-order valence-electron chi connectivity index (χ2n) is 4.63. The molecule has 0 N–H and O–H groups in total. The Kier molecular flexibility index (Phi) is 4.43. The first-order valence-electron chi connectivity index (χ1n) is 6.46. The molecular formula is C16H12BrCl2NO. The van der Waals surface area contributed by atoms with E-state index in [9.17, 15) is 0 Å². The van der Waals surface area contributed by atoms with E-state index in [1.54, 1.807) is 6.07 Å². The van der Waals surface area contributed by atoms with Gasteiger partial charge in [0.05, 0.1) is 17.1 Å². The molecule has 0 aliphatic carbocycles. The molecule has 2 nitrogen and oxygen atoms in total. The van der Waals surface area contributed by atoms with Crippen LogP contribution in [0.5, 0.6) is 5.75 Å². The topological polar surface area (TPSA) is 14.2 Å². The lowest BCUT2D eigenvalue weighted by atomic mass is 10.2. The van der Waals surface area contributed by atoms with Gasteiger partial charge >= 0.3 is 0 Å². The van der Waals surface area contributed by atoms with Crippen LogP contribution >= 0.6 is 39.1 Å². The van der Waals surface area contributed by atoms with Crippen LogP contribution in [0.3, 0.4) is 0 Å². The smallest absolute Gasteiger partial charge is 0.119 e. The summed E-state index contributed by atoms with van der Waals surface area (Å²) >= 11 is 15.7. The zero-order valence-corrected chi connectivity index (χ0v) is 14.1. The van der Waals surface area contributed by atoms with Crippen molar-refractivity contribution in [1.29, 1.82) is 0 Å². The average Bonchev–Trinajstić information content (AvgIpc) is 2.84. The zero-order valence-electron chi connectivity index (χ0n) is 11.0. The lowest BCUT2D eigenvalue weighted by Gasteiger charge is -2.09. The Bertz CT molecular complexity index is 768. The molecule has 1 heterocycles. The van der Waals surface area contributed by atoms with Crippen LogP contribution in [0.1, 0.15) is 0 Å². The molecule has 21 heavy (non-hydrogen) atoms. The Morgan fingerprint density at radius 1 is 1.05 bits per heavy atom. The van der Waals surface area contributed by atoms with Gasteiger partial charge in [0.25, 0.3) is 0 Å². The number of benzene rings is 2. The zero-order chi connectivity index (χ0) is 14.8. The second-order valence-corrected chi connectivity index (χ2v) is 6.39. The lowest BCUT2D eigenvalue weighted by Crippen LogP contribution is -2.07. The first-order valence-corrected chi connectivity index (χ1v) is 8.00. The molecule has 0 saturated carbocycles. The standard InChI is InChI=1S/C16H12BrCl2NO/c17-11-1-3-13(4-2-11)21-8-7-20-6-5-14-15(19)9-12(18)10-16(14)20/h1-6,9-10H,7-8H2. The van der Waals surface area contributed by atoms with E-state index in [-0.39, 0.29) is 0 Å². The monoisotopic (exact) mass is 383 g/mol. The maximum atomic E-state index is 6.19. The summed E-state index contributed by atoms with van der Waals surface area (Å²) in [6.45, 7) is 1.31. The minimum Gasteiger partial charge on any atom is -0.492 e. The van der Waals surface area contributed by atoms with Crippen molar-refractivity contribution in [3.63, 3.8) is 0 Å². The van der Waals surface area contributed by atoms with Crippen LogP contribution in [0.25, 0.3) is 10.9 Å². The van der Waals surface area contributed by atoms with Gasteiger partial charge in [0.15, 0.2) is 0 Å². The van der Waals surface area contributed by atoms with E-state index < -0.39 is 0 Å². The fourth-order valence-electron chi connectivity index (χ4n) is 2.21. The van der Waals surface area contributed by atoms with Crippen LogP contribution in [0.4, 0.5) is 0 Å². The maximum Gasteiger partial charge on any atom is 0.119 e. The van der Waals surface area contributed by atoms with E-state index in [2.05, 4.69) is 20.5 Å². The molecule has 0 fully saturated rings. The molecule has 0 aliphatic heterocycles. The van der Waals surface area contributed by atoms with Gasteiger partial charge in [0.1, 0.15) is 12.4 Å². The Morgan fingerprint density at radius 3 is 2.57 bits per heavy atom. The van der Waals surface area contributed by atoms with Gasteiger partial charge in [-0.2, -0.15) is 0 Å². The van der Waals surface area contributed by atoms with Crippen molar-refractivity contribution in [2.75, 3.05) is 6.61 Å².